The molecule has 0 saturated heterocycles. The smallest absolute Gasteiger partial charge is 0.397 e. The fraction of sp³-hybridized carbons (Fsp3) is 0.0769. The van der Waals surface area contributed by atoms with E-state index in [0.29, 0.717) is 5.56 Å². The highest BCUT2D eigenvalue weighted by Crippen LogP contribution is 2.39. The van der Waals surface area contributed by atoms with Crippen LogP contribution in [0.5, 0.6) is 0 Å². The Morgan fingerprint density at radius 3 is 2.06 bits per heavy atom. The van der Waals surface area contributed by atoms with Crippen molar-refractivity contribution in [2.45, 2.75) is 6.18 Å². The maximum absolute atomic E-state index is 12.9. The number of benzene rings is 2. The van der Waals surface area contributed by atoms with Gasteiger partial charge in [0, 0.05) is 5.56 Å². The molecular weight excluding hydrogens is 241 g/mol. The van der Waals surface area contributed by atoms with E-state index in [1.165, 1.54) is 24.3 Å². The van der Waals surface area contributed by atoms with Gasteiger partial charge in [0.1, 0.15) is 0 Å². The third-order valence-corrected chi connectivity index (χ3v) is 2.66. The fourth-order valence-corrected chi connectivity index (χ4v) is 1.78. The van der Waals surface area contributed by atoms with Gasteiger partial charge in [0.25, 0.3) is 0 Å². The minimum Gasteiger partial charge on any atom is -0.397 e. The zero-order valence-corrected chi connectivity index (χ0v) is 9.33. The molecule has 2 nitrogen and oxygen atoms in total. The second-order valence-corrected chi connectivity index (χ2v) is 3.85. The number of anilines is 2. The summed E-state index contributed by atoms with van der Waals surface area (Å²) in [5.74, 6) is 0. The van der Waals surface area contributed by atoms with E-state index in [1.807, 2.05) is 0 Å². The zero-order valence-electron chi connectivity index (χ0n) is 9.33. The van der Waals surface area contributed by atoms with Crippen LogP contribution in [0.3, 0.4) is 0 Å². The van der Waals surface area contributed by atoms with E-state index in [2.05, 4.69) is 0 Å². The number of alkyl halides is 3. The van der Waals surface area contributed by atoms with Crippen LogP contribution in [-0.2, 0) is 6.18 Å². The zero-order chi connectivity index (χ0) is 13.3. The molecule has 0 atom stereocenters. The van der Waals surface area contributed by atoms with E-state index < -0.39 is 11.7 Å². The van der Waals surface area contributed by atoms with Crippen LogP contribution in [0.2, 0.25) is 0 Å². The molecule has 0 fully saturated rings. The van der Waals surface area contributed by atoms with Crippen molar-refractivity contribution in [3.05, 3.63) is 48.0 Å². The molecule has 0 amide bonds. The minimum absolute atomic E-state index is 0.0369. The molecule has 0 aliphatic carbocycles. The van der Waals surface area contributed by atoms with Gasteiger partial charge in [-0.3, -0.25) is 0 Å². The number of hydrogen-bond acceptors (Lipinski definition) is 2. The highest BCUT2D eigenvalue weighted by Gasteiger charge is 2.33. The molecular formula is C13H11F3N2. The quantitative estimate of drug-likeness (QED) is 0.763. The van der Waals surface area contributed by atoms with E-state index in [4.69, 9.17) is 11.5 Å². The van der Waals surface area contributed by atoms with Gasteiger partial charge in [-0.2, -0.15) is 13.2 Å². The minimum atomic E-state index is -4.42. The van der Waals surface area contributed by atoms with Gasteiger partial charge in [-0.25, -0.2) is 0 Å². The molecule has 0 spiro atoms. The average molecular weight is 252 g/mol. The summed E-state index contributed by atoms with van der Waals surface area (Å²) in [6.07, 6.45) is -4.42. The van der Waals surface area contributed by atoms with Crippen LogP contribution in [0.1, 0.15) is 5.56 Å². The Kier molecular flexibility index (Phi) is 2.90. The van der Waals surface area contributed by atoms with Crippen LogP contribution in [0, 0.1) is 0 Å². The third-order valence-electron chi connectivity index (χ3n) is 2.66. The molecule has 2 aromatic rings. The number of rotatable bonds is 1. The summed E-state index contributed by atoms with van der Waals surface area (Å²) in [7, 11) is 0. The van der Waals surface area contributed by atoms with Crippen LogP contribution >= 0.6 is 0 Å². The fourth-order valence-electron chi connectivity index (χ4n) is 1.78. The molecule has 2 aromatic carbocycles. The first-order valence-electron chi connectivity index (χ1n) is 5.22. The van der Waals surface area contributed by atoms with Crippen molar-refractivity contribution in [1.29, 1.82) is 0 Å². The van der Waals surface area contributed by atoms with Crippen LogP contribution in [0.25, 0.3) is 11.1 Å². The van der Waals surface area contributed by atoms with Gasteiger partial charge in [-0.15, -0.1) is 0 Å². The van der Waals surface area contributed by atoms with E-state index in [9.17, 15) is 13.2 Å². The lowest BCUT2D eigenvalue weighted by molar-refractivity contribution is -0.137. The van der Waals surface area contributed by atoms with E-state index in [1.54, 1.807) is 12.1 Å². The Morgan fingerprint density at radius 2 is 1.39 bits per heavy atom. The molecule has 0 saturated carbocycles. The molecule has 0 unspecified atom stereocenters. The molecule has 5 heteroatoms. The van der Waals surface area contributed by atoms with Crippen molar-refractivity contribution < 1.29 is 13.2 Å². The van der Waals surface area contributed by atoms with E-state index in [0.717, 1.165) is 6.07 Å². The van der Waals surface area contributed by atoms with Crippen molar-refractivity contribution >= 4 is 11.4 Å². The summed E-state index contributed by atoms with van der Waals surface area (Å²) in [6, 6.07) is 9.94. The summed E-state index contributed by atoms with van der Waals surface area (Å²) in [6.45, 7) is 0. The molecule has 0 aromatic heterocycles. The van der Waals surface area contributed by atoms with E-state index >= 15 is 0 Å². The van der Waals surface area contributed by atoms with Crippen LogP contribution in [-0.4, -0.2) is 0 Å². The maximum atomic E-state index is 12.9. The lowest BCUT2D eigenvalue weighted by Crippen LogP contribution is -2.08. The number of halogens is 3. The van der Waals surface area contributed by atoms with Gasteiger partial charge < -0.3 is 11.5 Å². The molecule has 0 radical (unpaired) electrons. The molecule has 0 bridgehead atoms. The molecule has 18 heavy (non-hydrogen) atoms. The number of para-hydroxylation sites is 1. The molecule has 0 aliphatic heterocycles. The van der Waals surface area contributed by atoms with Gasteiger partial charge >= 0.3 is 6.18 Å². The van der Waals surface area contributed by atoms with E-state index in [-0.39, 0.29) is 16.9 Å². The Labute approximate surface area is 102 Å². The van der Waals surface area contributed by atoms with Crippen LogP contribution < -0.4 is 11.5 Å². The predicted molar refractivity (Wildman–Crippen MR) is 65.7 cm³/mol. The standard InChI is InChI=1S/C13H11F3N2/c14-13(15,16)10-6-2-1-4-8(10)9-5-3-7-11(17)12(9)18/h1-7H,17-18H2. The third kappa shape index (κ3) is 2.11. The summed E-state index contributed by atoms with van der Waals surface area (Å²) in [5.41, 5.74) is 11.4. The Hall–Kier alpha value is -2.17. The lowest BCUT2D eigenvalue weighted by atomic mass is 9.97. The monoisotopic (exact) mass is 252 g/mol. The Balaban J connectivity index is 2.69. The number of nitrogens with two attached hydrogens (primary N) is 2. The highest BCUT2D eigenvalue weighted by molar-refractivity contribution is 5.85. The Morgan fingerprint density at radius 1 is 0.778 bits per heavy atom. The number of hydrogen-bond donors (Lipinski definition) is 2. The largest absolute Gasteiger partial charge is 0.417 e. The summed E-state index contributed by atoms with van der Waals surface area (Å²) in [5, 5.41) is 0. The lowest BCUT2D eigenvalue weighted by Gasteiger charge is -2.15. The Bertz CT molecular complexity index is 577. The average Bonchev–Trinajstić information content (AvgIpc) is 2.32. The first-order valence-corrected chi connectivity index (χ1v) is 5.22. The molecule has 2 rings (SSSR count). The SMILES string of the molecule is Nc1cccc(-c2ccccc2C(F)(F)F)c1N. The van der Waals surface area contributed by atoms with Crippen LogP contribution in [0.15, 0.2) is 42.5 Å². The predicted octanol–water partition coefficient (Wildman–Crippen LogP) is 3.54. The molecule has 4 N–H and O–H groups in total. The van der Waals surface area contributed by atoms with Crippen molar-refractivity contribution in [3.8, 4) is 11.1 Å². The molecule has 0 heterocycles. The second-order valence-electron chi connectivity index (χ2n) is 3.85. The van der Waals surface area contributed by atoms with Crippen molar-refractivity contribution in [2.75, 3.05) is 11.5 Å². The van der Waals surface area contributed by atoms with Gasteiger partial charge in [-0.1, -0.05) is 30.3 Å². The van der Waals surface area contributed by atoms with Crippen molar-refractivity contribution in [3.63, 3.8) is 0 Å². The molecule has 94 valence electrons. The van der Waals surface area contributed by atoms with Gasteiger partial charge in [0.2, 0.25) is 0 Å². The van der Waals surface area contributed by atoms with Crippen molar-refractivity contribution in [2.24, 2.45) is 0 Å². The van der Waals surface area contributed by atoms with Crippen molar-refractivity contribution in [1.82, 2.24) is 0 Å². The first kappa shape index (κ1) is 12.3. The summed E-state index contributed by atoms with van der Waals surface area (Å²) >= 11 is 0. The normalized spacial score (nSPS) is 11.5. The molecule has 0 aliphatic rings. The van der Waals surface area contributed by atoms with Gasteiger partial charge in [0.15, 0.2) is 0 Å². The van der Waals surface area contributed by atoms with Gasteiger partial charge in [0.05, 0.1) is 16.9 Å². The second kappa shape index (κ2) is 4.25. The summed E-state index contributed by atoms with van der Waals surface area (Å²) < 4.78 is 38.7. The first-order chi connectivity index (χ1) is 8.41. The summed E-state index contributed by atoms with van der Waals surface area (Å²) in [4.78, 5) is 0. The van der Waals surface area contributed by atoms with Crippen LogP contribution in [0.4, 0.5) is 24.5 Å². The highest BCUT2D eigenvalue weighted by atomic mass is 19.4. The van der Waals surface area contributed by atoms with Gasteiger partial charge in [-0.05, 0) is 17.7 Å². The maximum Gasteiger partial charge on any atom is 0.417 e. The topological polar surface area (TPSA) is 52.0 Å². The number of nitrogen functional groups attached to an aromatic ring is 2.